The molecule has 0 saturated carbocycles. The maximum absolute atomic E-state index is 11.7. The second-order valence-electron chi connectivity index (χ2n) is 3.93. The van der Waals surface area contributed by atoms with Crippen LogP contribution in [-0.2, 0) is 4.79 Å². The first-order valence-electron chi connectivity index (χ1n) is 5.52. The molecule has 1 heterocycles. The van der Waals surface area contributed by atoms with Gasteiger partial charge in [0.2, 0.25) is 5.91 Å². The molecular formula is C11H19N3OS. The van der Waals surface area contributed by atoms with Crippen LogP contribution in [0.3, 0.4) is 0 Å². The molecule has 0 saturated heterocycles. The first-order valence-corrected chi connectivity index (χ1v) is 6.34. The molecular weight excluding hydrogens is 222 g/mol. The molecule has 4 nitrogen and oxygen atoms in total. The Kier molecular flexibility index (Phi) is 4.89. The number of carbonyl (C=O) groups is 1. The number of thiazole rings is 1. The van der Waals surface area contributed by atoms with E-state index in [9.17, 15) is 4.79 Å². The van der Waals surface area contributed by atoms with Crippen LogP contribution in [-0.4, -0.2) is 16.9 Å². The zero-order valence-corrected chi connectivity index (χ0v) is 10.8. The van der Waals surface area contributed by atoms with E-state index in [0.29, 0.717) is 0 Å². The summed E-state index contributed by atoms with van der Waals surface area (Å²) in [5, 5.41) is 3.80. The lowest BCUT2D eigenvalue weighted by Gasteiger charge is -2.15. The summed E-state index contributed by atoms with van der Waals surface area (Å²) in [5.74, 6) is -0.0952. The smallest absolute Gasteiger partial charge is 0.237 e. The minimum atomic E-state index is -0.409. The Morgan fingerprint density at radius 2 is 2.38 bits per heavy atom. The van der Waals surface area contributed by atoms with E-state index in [1.807, 2.05) is 27.0 Å². The van der Waals surface area contributed by atoms with Gasteiger partial charge in [0.05, 0.1) is 12.1 Å². The summed E-state index contributed by atoms with van der Waals surface area (Å²) in [4.78, 5) is 17.0. The first kappa shape index (κ1) is 13.1. The molecule has 1 rings (SSSR count). The van der Waals surface area contributed by atoms with Gasteiger partial charge < -0.3 is 11.1 Å². The summed E-state index contributed by atoms with van der Waals surface area (Å²) in [5.41, 5.74) is 5.73. The highest BCUT2D eigenvalue weighted by Gasteiger charge is 2.17. The third kappa shape index (κ3) is 3.57. The number of hydrogen-bond donors (Lipinski definition) is 2. The predicted octanol–water partition coefficient (Wildman–Crippen LogP) is 1.76. The Labute approximate surface area is 100 Å². The number of nitrogens with two attached hydrogens (primary N) is 1. The van der Waals surface area contributed by atoms with Crippen LogP contribution in [0.15, 0.2) is 6.20 Å². The van der Waals surface area contributed by atoms with E-state index in [1.54, 1.807) is 11.3 Å². The molecule has 0 aromatic carbocycles. The Bertz CT molecular complexity index is 351. The highest BCUT2D eigenvalue weighted by molar-refractivity contribution is 7.11. The molecule has 1 amide bonds. The van der Waals surface area contributed by atoms with Crippen molar-refractivity contribution in [1.82, 2.24) is 10.3 Å². The average Bonchev–Trinajstić information content (AvgIpc) is 2.65. The van der Waals surface area contributed by atoms with Crippen LogP contribution >= 0.6 is 11.3 Å². The molecule has 0 spiro atoms. The number of nitrogens with zero attached hydrogens (tertiary/aromatic N) is 1. The standard InChI is InChI=1S/C11H19N3OS/c1-4-5-9(12)10(15)14-8(3)11-13-6-7(2)16-11/h6,8-9H,4-5,12H2,1-3H3,(H,14,15). The van der Waals surface area contributed by atoms with Crippen LogP contribution in [0.5, 0.6) is 0 Å². The van der Waals surface area contributed by atoms with Crippen LogP contribution in [0.4, 0.5) is 0 Å². The Balaban J connectivity index is 2.51. The van der Waals surface area contributed by atoms with Crippen LogP contribution in [0.2, 0.25) is 0 Å². The highest BCUT2D eigenvalue weighted by atomic mass is 32.1. The summed E-state index contributed by atoms with van der Waals surface area (Å²) in [6, 6.07) is -0.470. The first-order chi connectivity index (χ1) is 7.54. The molecule has 0 aliphatic carbocycles. The van der Waals surface area contributed by atoms with Crippen molar-refractivity contribution in [3.05, 3.63) is 16.1 Å². The topological polar surface area (TPSA) is 68.0 Å². The van der Waals surface area contributed by atoms with Crippen molar-refractivity contribution in [3.8, 4) is 0 Å². The van der Waals surface area contributed by atoms with Crippen LogP contribution in [0.25, 0.3) is 0 Å². The molecule has 90 valence electrons. The van der Waals surface area contributed by atoms with Gasteiger partial charge in [-0.05, 0) is 20.3 Å². The minimum absolute atomic E-state index is 0.0610. The molecule has 2 unspecified atom stereocenters. The Morgan fingerprint density at radius 1 is 1.69 bits per heavy atom. The third-order valence-corrected chi connectivity index (χ3v) is 3.40. The normalized spacial score (nSPS) is 14.5. The van der Waals surface area contributed by atoms with E-state index < -0.39 is 6.04 Å². The maximum Gasteiger partial charge on any atom is 0.237 e. The molecule has 0 radical (unpaired) electrons. The number of nitrogens with one attached hydrogen (secondary N) is 1. The summed E-state index contributed by atoms with van der Waals surface area (Å²) in [6.07, 6.45) is 3.45. The van der Waals surface area contributed by atoms with Gasteiger partial charge in [-0.3, -0.25) is 4.79 Å². The van der Waals surface area contributed by atoms with Crippen molar-refractivity contribution in [2.45, 2.75) is 45.7 Å². The molecule has 1 aromatic heterocycles. The van der Waals surface area contributed by atoms with E-state index in [-0.39, 0.29) is 11.9 Å². The lowest BCUT2D eigenvalue weighted by atomic mass is 10.1. The molecule has 5 heteroatoms. The molecule has 3 N–H and O–H groups in total. The van der Waals surface area contributed by atoms with Gasteiger partial charge in [0.1, 0.15) is 5.01 Å². The summed E-state index contributed by atoms with van der Waals surface area (Å²) in [6.45, 7) is 5.94. The van der Waals surface area contributed by atoms with E-state index in [2.05, 4.69) is 10.3 Å². The maximum atomic E-state index is 11.7. The molecule has 0 aliphatic heterocycles. The second kappa shape index (κ2) is 5.96. The lowest BCUT2D eigenvalue weighted by molar-refractivity contribution is -0.123. The Hall–Kier alpha value is -0.940. The molecule has 0 bridgehead atoms. The number of hydrogen-bond acceptors (Lipinski definition) is 4. The van der Waals surface area contributed by atoms with Crippen molar-refractivity contribution >= 4 is 17.2 Å². The monoisotopic (exact) mass is 241 g/mol. The Morgan fingerprint density at radius 3 is 2.88 bits per heavy atom. The molecule has 2 atom stereocenters. The SMILES string of the molecule is CCCC(N)C(=O)NC(C)c1ncc(C)s1. The zero-order chi connectivity index (χ0) is 12.1. The quantitative estimate of drug-likeness (QED) is 0.825. The van der Waals surface area contributed by atoms with Gasteiger partial charge >= 0.3 is 0 Å². The summed E-state index contributed by atoms with van der Waals surface area (Å²) >= 11 is 1.60. The van der Waals surface area contributed by atoms with E-state index in [1.165, 1.54) is 0 Å². The average molecular weight is 241 g/mol. The summed E-state index contributed by atoms with van der Waals surface area (Å²) in [7, 11) is 0. The number of aryl methyl sites for hydroxylation is 1. The molecule has 1 aromatic rings. The number of carbonyl (C=O) groups excluding carboxylic acids is 1. The van der Waals surface area contributed by atoms with E-state index in [0.717, 1.165) is 22.7 Å². The van der Waals surface area contributed by atoms with E-state index in [4.69, 9.17) is 5.73 Å². The van der Waals surface area contributed by atoms with Gasteiger partial charge in [-0.25, -0.2) is 4.98 Å². The molecule has 0 aliphatic rings. The largest absolute Gasteiger partial charge is 0.346 e. The van der Waals surface area contributed by atoms with Crippen molar-refractivity contribution in [3.63, 3.8) is 0 Å². The van der Waals surface area contributed by atoms with Gasteiger partial charge in [0, 0.05) is 11.1 Å². The zero-order valence-electron chi connectivity index (χ0n) is 9.99. The lowest BCUT2D eigenvalue weighted by Crippen LogP contribution is -2.41. The van der Waals surface area contributed by atoms with Crippen LogP contribution in [0.1, 0.15) is 42.6 Å². The van der Waals surface area contributed by atoms with Gasteiger partial charge in [-0.2, -0.15) is 0 Å². The summed E-state index contributed by atoms with van der Waals surface area (Å²) < 4.78 is 0. The van der Waals surface area contributed by atoms with Crippen molar-refractivity contribution in [2.24, 2.45) is 5.73 Å². The van der Waals surface area contributed by atoms with Gasteiger partial charge in [-0.1, -0.05) is 13.3 Å². The number of rotatable bonds is 5. The van der Waals surface area contributed by atoms with Gasteiger partial charge in [0.25, 0.3) is 0 Å². The fraction of sp³-hybridized carbons (Fsp3) is 0.636. The predicted molar refractivity (Wildman–Crippen MR) is 66.3 cm³/mol. The fourth-order valence-electron chi connectivity index (χ4n) is 1.40. The van der Waals surface area contributed by atoms with Crippen LogP contribution < -0.4 is 11.1 Å². The molecule has 16 heavy (non-hydrogen) atoms. The van der Waals surface area contributed by atoms with E-state index >= 15 is 0 Å². The molecule has 0 fully saturated rings. The number of aromatic nitrogens is 1. The third-order valence-electron chi connectivity index (χ3n) is 2.30. The van der Waals surface area contributed by atoms with Gasteiger partial charge in [-0.15, -0.1) is 11.3 Å². The number of amides is 1. The fourth-order valence-corrected chi connectivity index (χ4v) is 2.17. The van der Waals surface area contributed by atoms with Gasteiger partial charge in [0.15, 0.2) is 0 Å². The van der Waals surface area contributed by atoms with Crippen molar-refractivity contribution in [2.75, 3.05) is 0 Å². The van der Waals surface area contributed by atoms with Crippen LogP contribution in [0, 0.1) is 6.92 Å². The highest BCUT2D eigenvalue weighted by Crippen LogP contribution is 2.18. The van der Waals surface area contributed by atoms with Crippen molar-refractivity contribution < 1.29 is 4.79 Å². The van der Waals surface area contributed by atoms with Crippen molar-refractivity contribution in [1.29, 1.82) is 0 Å². The second-order valence-corrected chi connectivity index (χ2v) is 5.20. The minimum Gasteiger partial charge on any atom is -0.346 e.